The molecule has 0 bridgehead atoms. The van der Waals surface area contributed by atoms with Crippen molar-refractivity contribution in [2.24, 2.45) is 5.92 Å². The van der Waals surface area contributed by atoms with Crippen LogP contribution in [0.1, 0.15) is 19.8 Å². The molecule has 16 heavy (non-hydrogen) atoms. The van der Waals surface area contributed by atoms with Crippen molar-refractivity contribution in [2.75, 3.05) is 26.8 Å². The Hall–Kier alpha value is -0.640. The second kappa shape index (κ2) is 5.62. The SMILES string of the molecule is CCC(C#N)S(=O)(=O)N1CCC(COC)C1. The number of methoxy groups -OCH3 is 1. The fourth-order valence-electron chi connectivity index (χ4n) is 1.95. The van der Waals surface area contributed by atoms with Crippen molar-refractivity contribution in [3.63, 3.8) is 0 Å². The van der Waals surface area contributed by atoms with E-state index in [0.717, 1.165) is 6.42 Å². The second-order valence-electron chi connectivity index (χ2n) is 4.04. The third-order valence-electron chi connectivity index (χ3n) is 2.89. The van der Waals surface area contributed by atoms with Gasteiger partial charge in [0.15, 0.2) is 5.25 Å². The lowest BCUT2D eigenvalue weighted by molar-refractivity contribution is 0.157. The van der Waals surface area contributed by atoms with Crippen LogP contribution >= 0.6 is 0 Å². The first-order valence-corrected chi connectivity index (χ1v) is 6.94. The molecular weight excluding hydrogens is 228 g/mol. The van der Waals surface area contributed by atoms with Gasteiger partial charge in [-0.1, -0.05) is 6.92 Å². The Morgan fingerprint density at radius 1 is 1.62 bits per heavy atom. The summed E-state index contributed by atoms with van der Waals surface area (Å²) in [5.41, 5.74) is 0. The summed E-state index contributed by atoms with van der Waals surface area (Å²) in [6, 6.07) is 1.85. The van der Waals surface area contributed by atoms with Crippen molar-refractivity contribution in [1.82, 2.24) is 4.31 Å². The smallest absolute Gasteiger partial charge is 0.230 e. The van der Waals surface area contributed by atoms with Gasteiger partial charge in [0, 0.05) is 20.2 Å². The van der Waals surface area contributed by atoms with Crippen LogP contribution in [0.15, 0.2) is 0 Å². The molecule has 2 unspecified atom stereocenters. The molecule has 1 aliphatic heterocycles. The zero-order valence-corrected chi connectivity index (χ0v) is 10.5. The number of nitrogens with zero attached hydrogens (tertiary/aromatic N) is 2. The second-order valence-corrected chi connectivity index (χ2v) is 6.15. The maximum Gasteiger partial charge on any atom is 0.230 e. The number of hydrogen-bond donors (Lipinski definition) is 0. The van der Waals surface area contributed by atoms with Crippen molar-refractivity contribution in [2.45, 2.75) is 25.0 Å². The van der Waals surface area contributed by atoms with Gasteiger partial charge in [0.25, 0.3) is 0 Å². The maximum atomic E-state index is 12.0. The van der Waals surface area contributed by atoms with Crippen molar-refractivity contribution < 1.29 is 13.2 Å². The first-order chi connectivity index (χ1) is 7.56. The van der Waals surface area contributed by atoms with Gasteiger partial charge >= 0.3 is 0 Å². The highest BCUT2D eigenvalue weighted by atomic mass is 32.2. The van der Waals surface area contributed by atoms with E-state index in [1.165, 1.54) is 4.31 Å². The highest BCUT2D eigenvalue weighted by molar-refractivity contribution is 7.90. The standard InChI is InChI=1S/C10H18N2O3S/c1-3-10(6-11)16(13,14)12-5-4-9(7-12)8-15-2/h9-10H,3-5,7-8H2,1-2H3. The van der Waals surface area contributed by atoms with E-state index in [4.69, 9.17) is 10.00 Å². The van der Waals surface area contributed by atoms with Crippen molar-refractivity contribution in [1.29, 1.82) is 5.26 Å². The van der Waals surface area contributed by atoms with Crippen molar-refractivity contribution in [3.05, 3.63) is 0 Å². The average molecular weight is 246 g/mol. The normalized spacial score (nSPS) is 24.2. The summed E-state index contributed by atoms with van der Waals surface area (Å²) < 4.78 is 30.5. The van der Waals surface area contributed by atoms with Crippen molar-refractivity contribution >= 4 is 10.0 Å². The molecule has 6 heteroatoms. The number of sulfonamides is 1. The number of nitriles is 1. The van der Waals surface area contributed by atoms with Gasteiger partial charge in [-0.3, -0.25) is 0 Å². The van der Waals surface area contributed by atoms with E-state index in [1.54, 1.807) is 14.0 Å². The lowest BCUT2D eigenvalue weighted by Crippen LogP contribution is -2.36. The van der Waals surface area contributed by atoms with E-state index < -0.39 is 15.3 Å². The van der Waals surface area contributed by atoms with E-state index in [2.05, 4.69) is 0 Å². The van der Waals surface area contributed by atoms with E-state index in [9.17, 15) is 8.42 Å². The Morgan fingerprint density at radius 3 is 2.81 bits per heavy atom. The van der Waals surface area contributed by atoms with Gasteiger partial charge in [0.1, 0.15) is 0 Å². The van der Waals surface area contributed by atoms with Crippen LogP contribution in [0.2, 0.25) is 0 Å². The van der Waals surface area contributed by atoms with Crippen LogP contribution in [-0.2, 0) is 14.8 Å². The third kappa shape index (κ3) is 2.73. The third-order valence-corrected chi connectivity index (χ3v) is 5.09. The summed E-state index contributed by atoms with van der Waals surface area (Å²) in [6.45, 7) is 3.28. The topological polar surface area (TPSA) is 70.4 Å². The molecule has 1 aliphatic rings. The Labute approximate surface area is 97.0 Å². The molecule has 0 N–H and O–H groups in total. The van der Waals surface area contributed by atoms with Crippen LogP contribution in [0.4, 0.5) is 0 Å². The minimum Gasteiger partial charge on any atom is -0.384 e. The molecule has 0 amide bonds. The van der Waals surface area contributed by atoms with Crippen LogP contribution in [0.3, 0.4) is 0 Å². The summed E-state index contributed by atoms with van der Waals surface area (Å²) >= 11 is 0. The monoisotopic (exact) mass is 246 g/mol. The van der Waals surface area contributed by atoms with E-state index >= 15 is 0 Å². The Bertz CT molecular complexity index is 361. The van der Waals surface area contributed by atoms with Gasteiger partial charge in [-0.25, -0.2) is 12.7 Å². The molecule has 5 nitrogen and oxygen atoms in total. The summed E-state index contributed by atoms with van der Waals surface area (Å²) in [7, 11) is -1.82. The molecule has 1 heterocycles. The molecule has 92 valence electrons. The first-order valence-electron chi connectivity index (χ1n) is 5.43. The molecule has 2 atom stereocenters. The van der Waals surface area contributed by atoms with Crippen molar-refractivity contribution in [3.8, 4) is 6.07 Å². The highest BCUT2D eigenvalue weighted by Gasteiger charge is 2.36. The number of hydrogen-bond acceptors (Lipinski definition) is 4. The molecule has 0 spiro atoms. The fourth-order valence-corrected chi connectivity index (χ4v) is 3.64. The van der Waals surface area contributed by atoms with Gasteiger partial charge in [-0.2, -0.15) is 5.26 Å². The molecule has 1 saturated heterocycles. The Morgan fingerprint density at radius 2 is 2.31 bits per heavy atom. The van der Waals surface area contributed by atoms with Gasteiger partial charge in [-0.15, -0.1) is 0 Å². The minimum atomic E-state index is -3.44. The van der Waals surface area contributed by atoms with Gasteiger partial charge in [0.05, 0.1) is 12.7 Å². The molecule has 0 aromatic carbocycles. The quantitative estimate of drug-likeness (QED) is 0.711. The molecule has 0 radical (unpaired) electrons. The zero-order chi connectivity index (χ0) is 12.2. The summed E-state index contributed by atoms with van der Waals surface area (Å²) in [5.74, 6) is 0.260. The van der Waals surface area contributed by atoms with Gasteiger partial charge in [0.2, 0.25) is 10.0 Å². The molecule has 0 aromatic rings. The first kappa shape index (κ1) is 13.4. The minimum absolute atomic E-state index is 0.260. The average Bonchev–Trinajstić information content (AvgIpc) is 2.69. The molecule has 0 saturated carbocycles. The Balaban J connectivity index is 2.69. The number of rotatable bonds is 5. The van der Waals surface area contributed by atoms with Crippen LogP contribution in [0, 0.1) is 17.2 Å². The van der Waals surface area contributed by atoms with Crippen LogP contribution in [0.25, 0.3) is 0 Å². The van der Waals surface area contributed by atoms with Crippen LogP contribution < -0.4 is 0 Å². The molecule has 0 aliphatic carbocycles. The molecule has 1 fully saturated rings. The Kier molecular flexibility index (Phi) is 4.71. The highest BCUT2D eigenvalue weighted by Crippen LogP contribution is 2.22. The maximum absolute atomic E-state index is 12.0. The van der Waals surface area contributed by atoms with Gasteiger partial charge < -0.3 is 4.74 Å². The summed E-state index contributed by atoms with van der Waals surface area (Å²) in [5, 5.41) is 7.90. The molecular formula is C10H18N2O3S. The number of ether oxygens (including phenoxy) is 1. The van der Waals surface area contributed by atoms with E-state index in [-0.39, 0.29) is 5.92 Å². The largest absolute Gasteiger partial charge is 0.384 e. The lowest BCUT2D eigenvalue weighted by atomic mass is 10.1. The van der Waals surface area contributed by atoms with E-state index in [0.29, 0.717) is 26.1 Å². The molecule has 0 aromatic heterocycles. The zero-order valence-electron chi connectivity index (χ0n) is 9.72. The van der Waals surface area contributed by atoms with Crippen LogP contribution in [0.5, 0.6) is 0 Å². The van der Waals surface area contributed by atoms with Gasteiger partial charge in [-0.05, 0) is 18.8 Å². The van der Waals surface area contributed by atoms with Crippen LogP contribution in [-0.4, -0.2) is 44.8 Å². The summed E-state index contributed by atoms with van der Waals surface area (Å²) in [6.07, 6.45) is 1.15. The van der Waals surface area contributed by atoms with E-state index in [1.807, 2.05) is 6.07 Å². The predicted molar refractivity (Wildman–Crippen MR) is 60.2 cm³/mol. The fraction of sp³-hybridized carbons (Fsp3) is 0.900. The molecule has 1 rings (SSSR count). The lowest BCUT2D eigenvalue weighted by Gasteiger charge is -2.19. The predicted octanol–water partition coefficient (Wildman–Crippen LogP) is 0.587. The summed E-state index contributed by atoms with van der Waals surface area (Å²) in [4.78, 5) is 0.